The fourth-order valence-corrected chi connectivity index (χ4v) is 11.2. The van der Waals surface area contributed by atoms with E-state index in [4.69, 9.17) is 4.74 Å². The number of carbonyl (C=O) groups excluding carboxylic acids is 5. The Balaban J connectivity index is 1.21. The Morgan fingerprint density at radius 3 is 1.94 bits per heavy atom. The number of carboxylic acids is 3. The Morgan fingerprint density at radius 2 is 1.36 bits per heavy atom. The topological polar surface area (TPSA) is 415 Å². The molecule has 0 radical (unpaired) electrons. The number of aldehydes is 1. The van der Waals surface area contributed by atoms with E-state index in [1.807, 2.05) is 6.07 Å². The van der Waals surface area contributed by atoms with Crippen molar-refractivity contribution >= 4 is 73.8 Å². The Hall–Kier alpha value is -6.45. The third-order valence-corrected chi connectivity index (χ3v) is 15.6. The van der Waals surface area contributed by atoms with Crippen molar-refractivity contribution in [3.05, 3.63) is 51.4 Å². The molecule has 3 atom stereocenters. The molecule has 1 aromatic carbocycles. The van der Waals surface area contributed by atoms with Crippen LogP contribution < -0.4 is 31.3 Å². The maximum Gasteiger partial charge on any atom is 0.317 e. The number of aliphatic hydroxyl groups excluding tert-OH is 1. The highest BCUT2D eigenvalue weighted by Crippen LogP contribution is 2.30. The van der Waals surface area contributed by atoms with E-state index < -0.39 is 112 Å². The molecule has 1 saturated heterocycles. The van der Waals surface area contributed by atoms with Crippen molar-refractivity contribution < 1.29 is 84.9 Å². The highest BCUT2D eigenvalue weighted by Gasteiger charge is 2.29. The Bertz CT molecular complexity index is 2700. The number of carbonyl (C=O) groups is 8. The Morgan fingerprint density at radius 1 is 0.778 bits per heavy atom. The predicted octanol–water partition coefficient (Wildman–Crippen LogP) is -2.18. The number of carboxylic acid groups (broad SMARTS) is 3. The molecule has 2 aromatic rings. The van der Waals surface area contributed by atoms with Gasteiger partial charge in [-0.25, -0.2) is 13.4 Å². The highest BCUT2D eigenvalue weighted by atomic mass is 32.2. The molecule has 1 aromatic heterocycles. The molecule has 0 aliphatic carbocycles. The van der Waals surface area contributed by atoms with Crippen LogP contribution in [0.5, 0.6) is 5.75 Å². The second kappa shape index (κ2) is 33.5. The second-order valence-corrected chi connectivity index (χ2v) is 22.7. The third-order valence-electron chi connectivity index (χ3n) is 13.1. The van der Waals surface area contributed by atoms with Crippen LogP contribution in [-0.2, 0) is 71.3 Å². The first-order chi connectivity index (χ1) is 38.4. The number of fused-ring (bicyclic) bond motifs is 1. The molecule has 0 bridgehead atoms. The third kappa shape index (κ3) is 24.7. The monoisotopic (exact) mass is 1180 g/mol. The molecule has 2 aliphatic heterocycles. The number of nitrogens with one attached hydrogen (secondary N) is 5. The van der Waals surface area contributed by atoms with Crippen LogP contribution in [0.3, 0.4) is 0 Å². The molecule has 31 heteroatoms. The SMILES string of the molecule is Cc1cc(OCCCC(=O)NCCNC(=O)C(CS(=O)(=O)O)NC(=O)CN2CCN(CC(=O)O)CCN(CC(=O)O)CCN(C(C=O)CO)CC2)cc(C)c1S(=O)(=O)[N-]C(CNC(=O)CCCCc1ccc2c(n1)NCCC2)C(=O)O. The lowest BCUT2D eigenvalue weighted by molar-refractivity contribution is -0.140. The standard InChI is InChI=1S/C50H76N11O18S2/c1-34-25-39(26-35(2)47(34)81(77,78)57-40(50(72)73)27-54-43(65)9-4-3-8-37-12-11-36-7-5-13-52-48(36)55-37)79-24-6-10-42(64)51-14-15-53-49(71)41(33-80(74,75)76)56-44(66)28-58-16-17-59(29-45(67)68)18-19-60(30-46(69)70)21-23-61(22-20-58)38(31-62)32-63/h11-12,25-26,31,38,40-41,63H,3-10,13-24,27-30,32-33H2,1-2H3,(H,51,64)(H,52,55)(H,53,71)(H,54,65)(H,56,66)(H,67,68)(H,69,70)(H,72,73)(H,74,75,76)/q-1. The van der Waals surface area contributed by atoms with Crippen LogP contribution >= 0.6 is 0 Å². The van der Waals surface area contributed by atoms with E-state index in [2.05, 4.69) is 42.4 Å². The number of sulfonamides is 1. The zero-order chi connectivity index (χ0) is 59.7. The van der Waals surface area contributed by atoms with Crippen molar-refractivity contribution in [1.29, 1.82) is 0 Å². The van der Waals surface area contributed by atoms with Gasteiger partial charge in [-0.3, -0.25) is 57.7 Å². The average Bonchev–Trinajstić information content (AvgIpc) is 3.38. The molecule has 0 saturated carbocycles. The number of pyridine rings is 1. The molecule has 0 spiro atoms. The van der Waals surface area contributed by atoms with Crippen LogP contribution in [0, 0.1) is 13.8 Å². The first kappa shape index (κ1) is 67.1. The van der Waals surface area contributed by atoms with Gasteiger partial charge in [-0.15, -0.1) is 0 Å². The highest BCUT2D eigenvalue weighted by molar-refractivity contribution is 7.94. The van der Waals surface area contributed by atoms with Gasteiger partial charge in [-0.1, -0.05) is 6.07 Å². The lowest BCUT2D eigenvalue weighted by atomic mass is 10.1. The molecule has 10 N–H and O–H groups in total. The van der Waals surface area contributed by atoms with Gasteiger partial charge in [-0.05, 0) is 93.3 Å². The van der Waals surface area contributed by atoms with Gasteiger partial charge < -0.3 is 61.3 Å². The van der Waals surface area contributed by atoms with Gasteiger partial charge in [0.2, 0.25) is 23.6 Å². The average molecular weight is 1180 g/mol. The van der Waals surface area contributed by atoms with E-state index >= 15 is 0 Å². The Labute approximate surface area is 470 Å². The first-order valence-corrected chi connectivity index (χ1v) is 29.5. The summed E-state index contributed by atoms with van der Waals surface area (Å²) >= 11 is 0. The van der Waals surface area contributed by atoms with Gasteiger partial charge in [0.15, 0.2) is 0 Å². The van der Waals surface area contributed by atoms with Crippen molar-refractivity contribution in [2.75, 3.05) is 122 Å². The summed E-state index contributed by atoms with van der Waals surface area (Å²) in [4.78, 5) is 110. The maximum absolute atomic E-state index is 13.5. The number of benzene rings is 1. The largest absolute Gasteiger partial charge is 0.531 e. The quantitative estimate of drug-likeness (QED) is 0.0211. The number of aliphatic hydroxyl groups is 1. The first-order valence-electron chi connectivity index (χ1n) is 26.5. The van der Waals surface area contributed by atoms with Crippen LogP contribution in [0.1, 0.15) is 60.9 Å². The molecule has 81 heavy (non-hydrogen) atoms. The fourth-order valence-electron chi connectivity index (χ4n) is 9.03. The number of aromatic nitrogens is 1. The molecular weight excluding hydrogens is 1110 g/mol. The second-order valence-electron chi connectivity index (χ2n) is 19.7. The Kier molecular flexibility index (Phi) is 27.7. The minimum absolute atomic E-state index is 0.00519. The summed E-state index contributed by atoms with van der Waals surface area (Å²) in [6, 6.07) is 2.29. The van der Waals surface area contributed by atoms with E-state index in [0.29, 0.717) is 25.5 Å². The molecule has 4 amide bonds. The smallest absolute Gasteiger partial charge is 0.317 e. The van der Waals surface area contributed by atoms with Crippen LogP contribution in [-0.4, -0.2) is 249 Å². The normalized spacial score (nSPS) is 16.4. The minimum Gasteiger partial charge on any atom is -0.531 e. The van der Waals surface area contributed by atoms with E-state index in [9.17, 15) is 80.2 Å². The van der Waals surface area contributed by atoms with E-state index in [1.54, 1.807) is 14.7 Å². The number of nitrogens with zero attached hydrogens (tertiary/aromatic N) is 6. The zero-order valence-corrected chi connectivity index (χ0v) is 47.2. The number of ether oxygens (including phenoxy) is 1. The number of aryl methyl sites for hydroxylation is 4. The van der Waals surface area contributed by atoms with E-state index in [-0.39, 0.29) is 120 Å². The summed E-state index contributed by atoms with van der Waals surface area (Å²) in [5, 5.41) is 51.7. The van der Waals surface area contributed by atoms with E-state index in [0.717, 1.165) is 30.9 Å². The molecule has 3 heterocycles. The van der Waals surface area contributed by atoms with Gasteiger partial charge in [0, 0.05) is 97.1 Å². The van der Waals surface area contributed by atoms with Gasteiger partial charge >= 0.3 is 11.9 Å². The fraction of sp³-hybridized carbons (Fsp3) is 0.620. The zero-order valence-electron chi connectivity index (χ0n) is 45.5. The van der Waals surface area contributed by atoms with Gasteiger partial charge in [0.05, 0.1) is 43.8 Å². The number of amides is 4. The van der Waals surface area contributed by atoms with Gasteiger partial charge in [0.1, 0.15) is 39.7 Å². The molecule has 1 fully saturated rings. The van der Waals surface area contributed by atoms with Crippen molar-refractivity contribution in [2.24, 2.45) is 0 Å². The molecule has 452 valence electrons. The number of hydrogen-bond donors (Lipinski definition) is 10. The molecule has 3 unspecified atom stereocenters. The number of aliphatic carboxylic acids is 3. The maximum atomic E-state index is 13.5. The molecule has 29 nitrogen and oxygen atoms in total. The molecule has 4 rings (SSSR count). The van der Waals surface area contributed by atoms with Crippen molar-refractivity contribution in [2.45, 2.75) is 88.2 Å². The predicted molar refractivity (Wildman–Crippen MR) is 292 cm³/mol. The summed E-state index contributed by atoms with van der Waals surface area (Å²) in [6.07, 6.45) is 4.57. The number of rotatable bonds is 32. The van der Waals surface area contributed by atoms with Crippen molar-refractivity contribution in [3.8, 4) is 5.75 Å². The lowest BCUT2D eigenvalue weighted by Gasteiger charge is -2.34. The van der Waals surface area contributed by atoms with Crippen LogP contribution in [0.2, 0.25) is 0 Å². The van der Waals surface area contributed by atoms with Crippen LogP contribution in [0.15, 0.2) is 29.2 Å². The summed E-state index contributed by atoms with van der Waals surface area (Å²) in [6.45, 7) is 1.88. The lowest BCUT2D eigenvalue weighted by Crippen LogP contribution is -2.55. The summed E-state index contributed by atoms with van der Waals surface area (Å²) in [5.41, 5.74) is 2.48. The van der Waals surface area contributed by atoms with Gasteiger partial charge in [0.25, 0.3) is 16.1 Å². The summed E-state index contributed by atoms with van der Waals surface area (Å²) in [5.74, 6) is -6.69. The van der Waals surface area contributed by atoms with Crippen molar-refractivity contribution in [1.82, 2.24) is 45.9 Å². The molecule has 2 aliphatic rings. The summed E-state index contributed by atoms with van der Waals surface area (Å²) in [7, 11) is -9.38. The number of anilines is 1. The van der Waals surface area contributed by atoms with E-state index in [1.165, 1.54) is 36.4 Å². The minimum atomic E-state index is -4.84. The number of unbranched alkanes of at least 4 members (excludes halogenated alkanes) is 1. The van der Waals surface area contributed by atoms with Crippen LogP contribution in [0.25, 0.3) is 4.72 Å². The molecular formula is C50H76N11O18S2-. The number of hydrogen-bond acceptors (Lipinski definition) is 20. The van der Waals surface area contributed by atoms with Crippen molar-refractivity contribution in [3.63, 3.8) is 0 Å². The summed E-state index contributed by atoms with van der Waals surface area (Å²) < 4.78 is 69.8. The van der Waals surface area contributed by atoms with Gasteiger partial charge in [-0.2, -0.15) is 8.42 Å². The van der Waals surface area contributed by atoms with Crippen LogP contribution in [0.4, 0.5) is 5.82 Å².